The lowest BCUT2D eigenvalue weighted by molar-refractivity contribution is 0.461. The first-order chi connectivity index (χ1) is 7.15. The van der Waals surface area contributed by atoms with Crippen LogP contribution in [0.5, 0.6) is 5.75 Å². The minimum Gasteiger partial charge on any atom is -0.507 e. The molecular weight excluding hydrogens is 210 g/mol. The molecule has 1 rings (SSSR count). The second-order valence-corrected chi connectivity index (χ2v) is 3.70. The molecule has 0 saturated carbocycles. The molecule has 0 unspecified atom stereocenters. The predicted octanol–water partition coefficient (Wildman–Crippen LogP) is 2.47. The first-order valence-corrected chi connectivity index (χ1v) is 5.11. The van der Waals surface area contributed by atoms with Crippen LogP contribution in [-0.2, 0) is 6.54 Å². The molecule has 0 heterocycles. The standard InChI is InChI=1S/C12H14ClNO/c1-3-4-5-14-8-10-7-11(13)6-9(2)12(10)15/h6-7,14-15H,5,8H2,1-2H3. The number of phenols is 1. The van der Waals surface area contributed by atoms with E-state index in [-0.39, 0.29) is 0 Å². The highest BCUT2D eigenvalue weighted by Gasteiger charge is 2.05. The van der Waals surface area contributed by atoms with Crippen LogP contribution < -0.4 is 5.32 Å². The summed E-state index contributed by atoms with van der Waals surface area (Å²) in [6.07, 6.45) is 0. The number of nitrogens with one attached hydrogen (secondary N) is 1. The third-order valence-corrected chi connectivity index (χ3v) is 2.27. The number of phenolic OH excluding ortho intramolecular Hbond substituents is 1. The van der Waals surface area contributed by atoms with Gasteiger partial charge in [0.1, 0.15) is 5.75 Å². The van der Waals surface area contributed by atoms with Crippen molar-refractivity contribution in [3.8, 4) is 17.6 Å². The Hall–Kier alpha value is -1.17. The second-order valence-electron chi connectivity index (χ2n) is 3.26. The summed E-state index contributed by atoms with van der Waals surface area (Å²) in [5, 5.41) is 13.5. The van der Waals surface area contributed by atoms with Crippen LogP contribution in [0, 0.1) is 18.8 Å². The van der Waals surface area contributed by atoms with E-state index in [0.717, 1.165) is 11.1 Å². The van der Waals surface area contributed by atoms with Crippen molar-refractivity contribution >= 4 is 11.6 Å². The fourth-order valence-corrected chi connectivity index (χ4v) is 1.58. The number of hydrogen-bond acceptors (Lipinski definition) is 2. The van der Waals surface area contributed by atoms with Crippen molar-refractivity contribution in [2.45, 2.75) is 20.4 Å². The van der Waals surface area contributed by atoms with Crippen LogP contribution in [-0.4, -0.2) is 11.7 Å². The minimum atomic E-state index is 0.302. The fraction of sp³-hybridized carbons (Fsp3) is 0.333. The van der Waals surface area contributed by atoms with Gasteiger partial charge in [-0.15, -0.1) is 5.92 Å². The number of benzene rings is 1. The lowest BCUT2D eigenvalue weighted by Crippen LogP contribution is -2.13. The maximum atomic E-state index is 9.74. The lowest BCUT2D eigenvalue weighted by atomic mass is 10.1. The third kappa shape index (κ3) is 3.47. The van der Waals surface area contributed by atoms with Crippen LogP contribution in [0.2, 0.25) is 5.02 Å². The SMILES string of the molecule is CC#CCNCc1cc(Cl)cc(C)c1O. The third-order valence-electron chi connectivity index (χ3n) is 2.05. The van der Waals surface area contributed by atoms with E-state index < -0.39 is 0 Å². The van der Waals surface area contributed by atoms with Crippen LogP contribution in [0.15, 0.2) is 12.1 Å². The van der Waals surface area contributed by atoms with Crippen LogP contribution in [0.3, 0.4) is 0 Å². The summed E-state index contributed by atoms with van der Waals surface area (Å²) in [6, 6.07) is 3.50. The molecule has 0 aliphatic rings. The maximum absolute atomic E-state index is 9.74. The van der Waals surface area contributed by atoms with E-state index in [9.17, 15) is 5.11 Å². The summed E-state index contributed by atoms with van der Waals surface area (Å²) in [5.41, 5.74) is 1.60. The Labute approximate surface area is 95.3 Å². The van der Waals surface area contributed by atoms with Crippen molar-refractivity contribution < 1.29 is 5.11 Å². The minimum absolute atomic E-state index is 0.302. The Morgan fingerprint density at radius 2 is 2.20 bits per heavy atom. The smallest absolute Gasteiger partial charge is 0.123 e. The van der Waals surface area contributed by atoms with Gasteiger partial charge in [-0.05, 0) is 31.5 Å². The number of aryl methyl sites for hydroxylation is 1. The van der Waals surface area contributed by atoms with Crippen molar-refractivity contribution in [1.82, 2.24) is 5.32 Å². The zero-order valence-electron chi connectivity index (χ0n) is 8.89. The summed E-state index contributed by atoms with van der Waals surface area (Å²) < 4.78 is 0. The van der Waals surface area contributed by atoms with Gasteiger partial charge in [0, 0.05) is 17.1 Å². The number of hydrogen-bond donors (Lipinski definition) is 2. The Bertz CT molecular complexity index is 404. The Morgan fingerprint density at radius 1 is 1.47 bits per heavy atom. The molecule has 0 radical (unpaired) electrons. The van der Waals surface area contributed by atoms with Gasteiger partial charge < -0.3 is 10.4 Å². The van der Waals surface area contributed by atoms with Gasteiger partial charge in [-0.2, -0.15) is 0 Å². The van der Waals surface area contributed by atoms with E-state index >= 15 is 0 Å². The largest absolute Gasteiger partial charge is 0.507 e. The highest BCUT2D eigenvalue weighted by molar-refractivity contribution is 6.30. The van der Waals surface area contributed by atoms with Crippen molar-refractivity contribution in [1.29, 1.82) is 0 Å². The quantitative estimate of drug-likeness (QED) is 0.610. The molecule has 0 spiro atoms. The van der Waals surface area contributed by atoms with Gasteiger partial charge in [0.2, 0.25) is 0 Å². The first-order valence-electron chi connectivity index (χ1n) is 4.73. The molecule has 80 valence electrons. The van der Waals surface area contributed by atoms with Crippen molar-refractivity contribution in [2.24, 2.45) is 0 Å². The van der Waals surface area contributed by atoms with Gasteiger partial charge in [-0.3, -0.25) is 0 Å². The van der Waals surface area contributed by atoms with Crippen LogP contribution in [0.1, 0.15) is 18.1 Å². The summed E-state index contributed by atoms with van der Waals surface area (Å²) in [6.45, 7) is 4.81. The summed E-state index contributed by atoms with van der Waals surface area (Å²) in [7, 11) is 0. The Kier molecular flexibility index (Phi) is 4.48. The summed E-state index contributed by atoms with van der Waals surface area (Å²) in [5.74, 6) is 5.98. The predicted molar refractivity (Wildman–Crippen MR) is 63.0 cm³/mol. The van der Waals surface area contributed by atoms with Gasteiger partial charge in [0.05, 0.1) is 6.54 Å². The monoisotopic (exact) mass is 223 g/mol. The highest BCUT2D eigenvalue weighted by atomic mass is 35.5. The van der Waals surface area contributed by atoms with Gasteiger partial charge in [0.15, 0.2) is 0 Å². The van der Waals surface area contributed by atoms with E-state index in [1.165, 1.54) is 0 Å². The maximum Gasteiger partial charge on any atom is 0.123 e. The lowest BCUT2D eigenvalue weighted by Gasteiger charge is -2.08. The summed E-state index contributed by atoms with van der Waals surface area (Å²) in [4.78, 5) is 0. The molecule has 2 N–H and O–H groups in total. The van der Waals surface area contributed by atoms with E-state index in [0.29, 0.717) is 23.9 Å². The zero-order valence-corrected chi connectivity index (χ0v) is 9.65. The first kappa shape index (κ1) is 11.9. The van der Waals surface area contributed by atoms with Gasteiger partial charge in [-0.25, -0.2) is 0 Å². The molecule has 0 aromatic heterocycles. The van der Waals surface area contributed by atoms with E-state index in [4.69, 9.17) is 11.6 Å². The van der Waals surface area contributed by atoms with E-state index in [1.807, 2.05) is 6.92 Å². The van der Waals surface area contributed by atoms with Crippen LogP contribution in [0.4, 0.5) is 0 Å². The Balaban J connectivity index is 2.70. The molecule has 0 amide bonds. The van der Waals surface area contributed by atoms with Gasteiger partial charge >= 0.3 is 0 Å². The molecule has 2 nitrogen and oxygen atoms in total. The normalized spacial score (nSPS) is 9.53. The van der Waals surface area contributed by atoms with Crippen molar-refractivity contribution in [2.75, 3.05) is 6.54 Å². The van der Waals surface area contributed by atoms with E-state index in [1.54, 1.807) is 19.1 Å². The highest BCUT2D eigenvalue weighted by Crippen LogP contribution is 2.26. The molecule has 0 saturated heterocycles. The number of aromatic hydroxyl groups is 1. The fourth-order valence-electron chi connectivity index (χ4n) is 1.29. The van der Waals surface area contributed by atoms with Crippen molar-refractivity contribution in [3.63, 3.8) is 0 Å². The van der Waals surface area contributed by atoms with Crippen LogP contribution >= 0.6 is 11.6 Å². The second kappa shape index (κ2) is 5.65. The molecule has 15 heavy (non-hydrogen) atoms. The molecule has 0 bridgehead atoms. The molecule has 0 atom stereocenters. The summed E-state index contributed by atoms with van der Waals surface area (Å²) >= 11 is 5.90. The van der Waals surface area contributed by atoms with E-state index in [2.05, 4.69) is 17.2 Å². The number of halogens is 1. The zero-order chi connectivity index (χ0) is 11.3. The molecule has 1 aromatic rings. The molecule has 0 aliphatic carbocycles. The average molecular weight is 224 g/mol. The van der Waals surface area contributed by atoms with Crippen molar-refractivity contribution in [3.05, 3.63) is 28.3 Å². The average Bonchev–Trinajstić information content (AvgIpc) is 2.19. The number of rotatable bonds is 3. The van der Waals surface area contributed by atoms with Gasteiger partial charge in [-0.1, -0.05) is 17.5 Å². The Morgan fingerprint density at radius 3 is 2.87 bits per heavy atom. The van der Waals surface area contributed by atoms with Gasteiger partial charge in [0.25, 0.3) is 0 Å². The molecule has 0 fully saturated rings. The van der Waals surface area contributed by atoms with Crippen LogP contribution in [0.25, 0.3) is 0 Å². The topological polar surface area (TPSA) is 32.3 Å². The molecule has 1 aromatic carbocycles. The molecule has 0 aliphatic heterocycles. The molecule has 3 heteroatoms. The molecular formula is C12H14ClNO.